The zero-order valence-electron chi connectivity index (χ0n) is 12.8. The largest absolute Gasteiger partial charge is 0.351 e. The molecule has 2 N–H and O–H groups in total. The smallest absolute Gasteiger partial charge is 0.252 e. The number of benzene rings is 2. The topological polar surface area (TPSA) is 114 Å². The lowest BCUT2D eigenvalue weighted by Gasteiger charge is -2.09. The lowest BCUT2D eigenvalue weighted by Crippen LogP contribution is -2.34. The Labute approximate surface area is 151 Å². The maximum Gasteiger partial charge on any atom is 0.252 e. The number of hydrogen-bond donors (Lipinski definition) is 2. The first-order valence-corrected chi connectivity index (χ1v) is 9.50. The summed E-state index contributed by atoms with van der Waals surface area (Å²) in [6.45, 7) is 0.159. The van der Waals surface area contributed by atoms with Crippen LogP contribution >= 0.6 is 15.9 Å². The van der Waals surface area contributed by atoms with E-state index in [-0.39, 0.29) is 29.4 Å². The van der Waals surface area contributed by atoms with Gasteiger partial charge in [0.25, 0.3) is 5.91 Å². The maximum absolute atomic E-state index is 12.4. The highest BCUT2D eigenvalue weighted by Crippen LogP contribution is 2.19. The number of nitrogens with one attached hydrogen (secondary N) is 2. The molecule has 0 saturated heterocycles. The lowest BCUT2D eigenvalue weighted by molar-refractivity contribution is 0.0953. The van der Waals surface area contributed by atoms with Crippen LogP contribution in [0.4, 0.5) is 0 Å². The number of sulfonamides is 1. The SMILES string of the molecule is O=C(NCCNS(=O)(=O)c1cccc2nonc12)c1ccccc1Br. The number of aromatic nitrogens is 2. The van der Waals surface area contributed by atoms with Gasteiger partial charge in [-0.05, 0) is 50.5 Å². The standard InChI is InChI=1S/C15H13BrN4O4S/c16-11-5-2-1-4-10(11)15(21)17-8-9-18-25(22,23)13-7-3-6-12-14(13)20-24-19-12/h1-7,18H,8-9H2,(H,17,21). The fourth-order valence-corrected chi connectivity index (χ4v) is 3.82. The Kier molecular flexibility index (Phi) is 5.11. The van der Waals surface area contributed by atoms with Gasteiger partial charge in [-0.2, -0.15) is 0 Å². The van der Waals surface area contributed by atoms with Crippen molar-refractivity contribution in [2.45, 2.75) is 4.90 Å². The number of amides is 1. The molecular weight excluding hydrogens is 412 g/mol. The molecule has 0 aliphatic rings. The van der Waals surface area contributed by atoms with Crippen LogP contribution in [0.5, 0.6) is 0 Å². The molecule has 8 nitrogen and oxygen atoms in total. The molecule has 130 valence electrons. The van der Waals surface area contributed by atoms with Gasteiger partial charge >= 0.3 is 0 Å². The van der Waals surface area contributed by atoms with Crippen LogP contribution in [-0.4, -0.2) is 37.7 Å². The molecule has 0 aliphatic carbocycles. The summed E-state index contributed by atoms with van der Waals surface area (Å²) < 4.78 is 32.4. The second kappa shape index (κ2) is 7.30. The molecule has 1 heterocycles. The van der Waals surface area contributed by atoms with Gasteiger partial charge in [-0.1, -0.05) is 18.2 Å². The number of nitrogens with zero attached hydrogens (tertiary/aromatic N) is 2. The summed E-state index contributed by atoms with van der Waals surface area (Å²) in [5.74, 6) is -0.297. The molecule has 0 unspecified atom stereocenters. The van der Waals surface area contributed by atoms with E-state index >= 15 is 0 Å². The molecule has 3 aromatic rings. The summed E-state index contributed by atoms with van der Waals surface area (Å²) in [7, 11) is -3.80. The van der Waals surface area contributed by atoms with Crippen molar-refractivity contribution in [3.8, 4) is 0 Å². The number of carbonyl (C=O) groups is 1. The van der Waals surface area contributed by atoms with Crippen molar-refractivity contribution in [1.29, 1.82) is 0 Å². The predicted molar refractivity (Wildman–Crippen MR) is 93.5 cm³/mol. The van der Waals surface area contributed by atoms with Crippen LogP contribution in [0.2, 0.25) is 0 Å². The Balaban J connectivity index is 1.61. The minimum atomic E-state index is -3.80. The fourth-order valence-electron chi connectivity index (χ4n) is 2.18. The fraction of sp³-hybridized carbons (Fsp3) is 0.133. The van der Waals surface area contributed by atoms with E-state index in [1.165, 1.54) is 6.07 Å². The molecule has 0 bridgehead atoms. The minimum Gasteiger partial charge on any atom is -0.351 e. The van der Waals surface area contributed by atoms with Gasteiger partial charge in [0.05, 0.1) is 5.56 Å². The average molecular weight is 425 g/mol. The van der Waals surface area contributed by atoms with Gasteiger partial charge in [0.15, 0.2) is 5.52 Å². The predicted octanol–water partition coefficient (Wildman–Crippen LogP) is 1.69. The van der Waals surface area contributed by atoms with Crippen molar-refractivity contribution in [1.82, 2.24) is 20.4 Å². The molecule has 0 spiro atoms. The Morgan fingerprint density at radius 3 is 2.68 bits per heavy atom. The monoisotopic (exact) mass is 424 g/mol. The van der Waals surface area contributed by atoms with Crippen molar-refractivity contribution < 1.29 is 17.8 Å². The molecule has 0 atom stereocenters. The first-order valence-electron chi connectivity index (χ1n) is 7.23. The number of carbonyl (C=O) groups excluding carboxylic acids is 1. The highest BCUT2D eigenvalue weighted by atomic mass is 79.9. The average Bonchev–Trinajstić information content (AvgIpc) is 3.07. The summed E-state index contributed by atoms with van der Waals surface area (Å²) in [5, 5.41) is 9.88. The Morgan fingerprint density at radius 2 is 1.88 bits per heavy atom. The second-order valence-electron chi connectivity index (χ2n) is 5.02. The molecule has 10 heteroatoms. The molecule has 1 amide bonds. The molecule has 0 aliphatic heterocycles. The summed E-state index contributed by atoms with van der Waals surface area (Å²) >= 11 is 3.29. The van der Waals surface area contributed by atoms with E-state index in [2.05, 4.69) is 40.9 Å². The van der Waals surface area contributed by atoms with Crippen molar-refractivity contribution in [2.24, 2.45) is 0 Å². The van der Waals surface area contributed by atoms with E-state index in [0.717, 1.165) is 0 Å². The van der Waals surface area contributed by atoms with Gasteiger partial charge in [0, 0.05) is 17.6 Å². The van der Waals surface area contributed by atoms with Gasteiger partial charge in [-0.3, -0.25) is 4.79 Å². The summed E-state index contributed by atoms with van der Waals surface area (Å²) in [4.78, 5) is 12.0. The molecule has 3 rings (SSSR count). The van der Waals surface area contributed by atoms with E-state index in [9.17, 15) is 13.2 Å². The molecule has 0 fully saturated rings. The van der Waals surface area contributed by atoms with Gasteiger partial charge in [0.1, 0.15) is 10.4 Å². The second-order valence-corrected chi connectivity index (χ2v) is 7.61. The lowest BCUT2D eigenvalue weighted by atomic mass is 10.2. The minimum absolute atomic E-state index is 0.0246. The van der Waals surface area contributed by atoms with Crippen LogP contribution in [0.25, 0.3) is 11.0 Å². The highest BCUT2D eigenvalue weighted by molar-refractivity contribution is 9.10. The van der Waals surface area contributed by atoms with Crippen LogP contribution < -0.4 is 10.0 Å². The maximum atomic E-state index is 12.4. The van der Waals surface area contributed by atoms with Crippen molar-refractivity contribution >= 4 is 42.9 Å². The van der Waals surface area contributed by atoms with Gasteiger partial charge in [-0.15, -0.1) is 0 Å². The van der Waals surface area contributed by atoms with Crippen molar-refractivity contribution in [3.05, 3.63) is 52.5 Å². The summed E-state index contributed by atoms with van der Waals surface area (Å²) in [5.41, 5.74) is 0.987. The number of hydrogen-bond acceptors (Lipinski definition) is 6. The zero-order chi connectivity index (χ0) is 17.9. The zero-order valence-corrected chi connectivity index (χ0v) is 15.2. The van der Waals surface area contributed by atoms with E-state index in [4.69, 9.17) is 0 Å². The first kappa shape index (κ1) is 17.5. The third-order valence-electron chi connectivity index (χ3n) is 3.36. The number of halogens is 1. The van der Waals surface area contributed by atoms with Crippen molar-refractivity contribution in [3.63, 3.8) is 0 Å². The Bertz CT molecular complexity index is 1020. The summed E-state index contributed by atoms with van der Waals surface area (Å²) in [6, 6.07) is 11.5. The van der Waals surface area contributed by atoms with E-state index < -0.39 is 10.0 Å². The third kappa shape index (κ3) is 3.86. The first-order chi connectivity index (χ1) is 12.0. The van der Waals surface area contributed by atoms with E-state index in [0.29, 0.717) is 15.6 Å². The van der Waals surface area contributed by atoms with Crippen LogP contribution in [-0.2, 0) is 10.0 Å². The van der Waals surface area contributed by atoms with Crippen LogP contribution in [0.1, 0.15) is 10.4 Å². The van der Waals surface area contributed by atoms with Crippen LogP contribution in [0, 0.1) is 0 Å². The molecule has 0 radical (unpaired) electrons. The Hall–Kier alpha value is -2.30. The van der Waals surface area contributed by atoms with E-state index in [1.807, 2.05) is 0 Å². The van der Waals surface area contributed by atoms with Gasteiger partial charge in [0.2, 0.25) is 10.0 Å². The van der Waals surface area contributed by atoms with E-state index in [1.54, 1.807) is 36.4 Å². The summed E-state index contributed by atoms with van der Waals surface area (Å²) in [6.07, 6.45) is 0. The molecule has 25 heavy (non-hydrogen) atoms. The number of fused-ring (bicyclic) bond motifs is 1. The van der Waals surface area contributed by atoms with Gasteiger partial charge in [-0.25, -0.2) is 17.8 Å². The van der Waals surface area contributed by atoms with Crippen LogP contribution in [0.3, 0.4) is 0 Å². The van der Waals surface area contributed by atoms with Crippen LogP contribution in [0.15, 0.2) is 56.5 Å². The molecule has 2 aromatic carbocycles. The molecule has 1 aromatic heterocycles. The highest BCUT2D eigenvalue weighted by Gasteiger charge is 2.19. The molecular formula is C15H13BrN4O4S. The van der Waals surface area contributed by atoms with Crippen molar-refractivity contribution in [2.75, 3.05) is 13.1 Å². The molecule has 0 saturated carbocycles. The third-order valence-corrected chi connectivity index (χ3v) is 5.54. The quantitative estimate of drug-likeness (QED) is 0.581. The number of rotatable bonds is 6. The normalized spacial score (nSPS) is 11.6. The van der Waals surface area contributed by atoms with Gasteiger partial charge < -0.3 is 5.32 Å². The Morgan fingerprint density at radius 1 is 1.08 bits per heavy atom.